The lowest BCUT2D eigenvalue weighted by Crippen LogP contribution is -1.97. The van der Waals surface area contributed by atoms with Crippen molar-refractivity contribution in [2.75, 3.05) is 5.32 Å². The Bertz CT molecular complexity index is 751. The predicted molar refractivity (Wildman–Crippen MR) is 77.5 cm³/mol. The average molecular weight is 326 g/mol. The number of nitriles is 1. The molecule has 5 nitrogen and oxygen atoms in total. The molecule has 8 heteroatoms. The molecule has 0 atom stereocenters. The molecule has 0 radical (unpaired) electrons. The molecule has 0 unspecified atom stereocenters. The first kappa shape index (κ1) is 15.0. The van der Waals surface area contributed by atoms with Gasteiger partial charge in [0, 0.05) is 11.8 Å². The fraction of sp³-hybridized carbons (Fsp3) is 0. The zero-order valence-electron chi connectivity index (χ0n) is 10.2. The van der Waals surface area contributed by atoms with Crippen LogP contribution in [0.2, 0.25) is 10.0 Å². The molecule has 0 aliphatic carbocycles. The highest BCUT2D eigenvalue weighted by atomic mass is 35.5. The summed E-state index contributed by atoms with van der Waals surface area (Å²) in [6, 6.07) is 7.79. The van der Waals surface area contributed by atoms with Gasteiger partial charge in [0.15, 0.2) is 0 Å². The number of nitrogens with one attached hydrogen (secondary N) is 1. The Morgan fingerprint density at radius 1 is 1.24 bits per heavy atom. The van der Waals surface area contributed by atoms with E-state index in [0.29, 0.717) is 5.69 Å². The summed E-state index contributed by atoms with van der Waals surface area (Å²) in [5.41, 5.74) is 0.105. The summed E-state index contributed by atoms with van der Waals surface area (Å²) in [6.07, 6.45) is 0. The summed E-state index contributed by atoms with van der Waals surface area (Å²) in [7, 11) is 0. The number of nitro benzene ring substituents is 1. The zero-order chi connectivity index (χ0) is 15.6. The van der Waals surface area contributed by atoms with Crippen LogP contribution >= 0.6 is 23.2 Å². The van der Waals surface area contributed by atoms with Crippen molar-refractivity contribution in [1.29, 1.82) is 5.26 Å². The molecular weight excluding hydrogens is 320 g/mol. The predicted octanol–water partition coefficient (Wildman–Crippen LogP) is 4.66. The van der Waals surface area contributed by atoms with E-state index in [1.165, 1.54) is 18.2 Å². The maximum absolute atomic E-state index is 13.1. The van der Waals surface area contributed by atoms with Crippen molar-refractivity contribution in [3.8, 4) is 6.07 Å². The number of hydrogen-bond acceptors (Lipinski definition) is 4. The lowest BCUT2D eigenvalue weighted by atomic mass is 10.1. The van der Waals surface area contributed by atoms with Crippen LogP contribution in [0.1, 0.15) is 5.56 Å². The highest BCUT2D eigenvalue weighted by molar-refractivity contribution is 6.39. The molecule has 106 valence electrons. The van der Waals surface area contributed by atoms with Crippen molar-refractivity contribution in [1.82, 2.24) is 0 Å². The standard InChI is InChI=1S/C13H6Cl2FN3O2/c14-10-3-8(16)4-11(15)13(10)18-9-2-1-7(6-17)12(5-9)19(20)21/h1-5,18H. The van der Waals surface area contributed by atoms with Crippen molar-refractivity contribution in [2.24, 2.45) is 0 Å². The third kappa shape index (κ3) is 3.21. The molecule has 0 amide bonds. The van der Waals surface area contributed by atoms with E-state index in [4.69, 9.17) is 28.5 Å². The molecule has 2 aromatic rings. The van der Waals surface area contributed by atoms with Gasteiger partial charge in [-0.3, -0.25) is 10.1 Å². The monoisotopic (exact) mass is 325 g/mol. The molecule has 0 bridgehead atoms. The summed E-state index contributed by atoms with van der Waals surface area (Å²) < 4.78 is 13.1. The molecule has 0 heterocycles. The Morgan fingerprint density at radius 2 is 1.86 bits per heavy atom. The summed E-state index contributed by atoms with van der Waals surface area (Å²) in [6.45, 7) is 0. The largest absolute Gasteiger partial charge is 0.353 e. The maximum atomic E-state index is 13.1. The van der Waals surface area contributed by atoms with Crippen LogP contribution in [0.25, 0.3) is 0 Å². The molecule has 0 saturated carbocycles. The van der Waals surface area contributed by atoms with E-state index in [-0.39, 0.29) is 27.0 Å². The van der Waals surface area contributed by atoms with E-state index in [2.05, 4.69) is 5.32 Å². The molecule has 0 aromatic heterocycles. The molecule has 0 aliphatic heterocycles. The van der Waals surface area contributed by atoms with E-state index in [1.807, 2.05) is 0 Å². The smallest absolute Gasteiger partial charge is 0.289 e. The van der Waals surface area contributed by atoms with E-state index in [0.717, 1.165) is 12.1 Å². The fourth-order valence-corrected chi connectivity index (χ4v) is 2.22. The Morgan fingerprint density at radius 3 is 2.38 bits per heavy atom. The van der Waals surface area contributed by atoms with Crippen LogP contribution in [-0.2, 0) is 0 Å². The van der Waals surface area contributed by atoms with E-state index >= 15 is 0 Å². The van der Waals surface area contributed by atoms with Gasteiger partial charge in [0.25, 0.3) is 5.69 Å². The number of nitro groups is 1. The maximum Gasteiger partial charge on any atom is 0.289 e. The summed E-state index contributed by atoms with van der Waals surface area (Å²) in [5.74, 6) is -0.596. The van der Waals surface area contributed by atoms with Crippen LogP contribution < -0.4 is 5.32 Å². The van der Waals surface area contributed by atoms with E-state index < -0.39 is 10.7 Å². The van der Waals surface area contributed by atoms with Crippen molar-refractivity contribution < 1.29 is 9.31 Å². The Labute approximate surface area is 128 Å². The molecule has 0 aliphatic rings. The third-order valence-corrected chi connectivity index (χ3v) is 3.19. The molecule has 0 saturated heterocycles. The van der Waals surface area contributed by atoms with Crippen molar-refractivity contribution in [3.05, 3.63) is 61.9 Å². The van der Waals surface area contributed by atoms with Gasteiger partial charge in [-0.05, 0) is 24.3 Å². The highest BCUT2D eigenvalue weighted by Crippen LogP contribution is 2.34. The van der Waals surface area contributed by atoms with Crippen molar-refractivity contribution in [2.45, 2.75) is 0 Å². The second-order valence-corrected chi connectivity index (χ2v) is 4.78. The van der Waals surface area contributed by atoms with Gasteiger partial charge in [0.1, 0.15) is 17.4 Å². The molecule has 0 spiro atoms. The van der Waals surface area contributed by atoms with Gasteiger partial charge in [-0.2, -0.15) is 5.26 Å². The molecule has 0 fully saturated rings. The number of rotatable bonds is 3. The normalized spacial score (nSPS) is 10.0. The minimum atomic E-state index is -0.669. The Balaban J connectivity index is 2.44. The van der Waals surface area contributed by atoms with Gasteiger partial charge < -0.3 is 5.32 Å². The van der Waals surface area contributed by atoms with E-state index in [9.17, 15) is 14.5 Å². The Hall–Kier alpha value is -2.36. The molecule has 2 rings (SSSR count). The molecule has 1 N–H and O–H groups in total. The quantitative estimate of drug-likeness (QED) is 0.657. The third-order valence-electron chi connectivity index (χ3n) is 2.59. The lowest BCUT2D eigenvalue weighted by molar-refractivity contribution is -0.385. The minimum absolute atomic E-state index is 0.0343. The molecule has 2 aromatic carbocycles. The van der Waals surface area contributed by atoms with Crippen molar-refractivity contribution >= 4 is 40.3 Å². The van der Waals surface area contributed by atoms with Gasteiger partial charge in [-0.1, -0.05) is 23.2 Å². The first-order valence-corrected chi connectivity index (χ1v) is 6.28. The summed E-state index contributed by atoms with van der Waals surface area (Å²) >= 11 is 11.7. The van der Waals surface area contributed by atoms with Crippen LogP contribution in [0.3, 0.4) is 0 Å². The number of hydrogen-bond donors (Lipinski definition) is 1. The lowest BCUT2D eigenvalue weighted by Gasteiger charge is -2.10. The van der Waals surface area contributed by atoms with Crippen LogP contribution in [0, 0.1) is 27.3 Å². The minimum Gasteiger partial charge on any atom is -0.353 e. The van der Waals surface area contributed by atoms with Crippen LogP contribution in [0.4, 0.5) is 21.5 Å². The fourth-order valence-electron chi connectivity index (χ4n) is 1.66. The first-order chi connectivity index (χ1) is 9.92. The summed E-state index contributed by atoms with van der Waals surface area (Å²) in [5, 5.41) is 22.5. The van der Waals surface area contributed by atoms with E-state index in [1.54, 1.807) is 6.07 Å². The van der Waals surface area contributed by atoms with Gasteiger partial charge in [-0.25, -0.2) is 4.39 Å². The van der Waals surface area contributed by atoms with Crippen LogP contribution in [-0.4, -0.2) is 4.92 Å². The SMILES string of the molecule is N#Cc1ccc(Nc2c(Cl)cc(F)cc2Cl)cc1[N+](=O)[O-]. The van der Waals surface area contributed by atoms with Crippen LogP contribution in [0.5, 0.6) is 0 Å². The Kier molecular flexibility index (Phi) is 4.26. The molecular formula is C13H6Cl2FN3O2. The van der Waals surface area contributed by atoms with Gasteiger partial charge in [0.05, 0.1) is 20.7 Å². The number of nitrogens with zero attached hydrogens (tertiary/aromatic N) is 2. The first-order valence-electron chi connectivity index (χ1n) is 5.52. The van der Waals surface area contributed by atoms with Gasteiger partial charge in [-0.15, -0.1) is 0 Å². The second kappa shape index (κ2) is 5.95. The van der Waals surface area contributed by atoms with Gasteiger partial charge in [0.2, 0.25) is 0 Å². The second-order valence-electron chi connectivity index (χ2n) is 3.97. The zero-order valence-corrected chi connectivity index (χ0v) is 11.7. The van der Waals surface area contributed by atoms with Gasteiger partial charge >= 0.3 is 0 Å². The number of halogens is 3. The molecule has 21 heavy (non-hydrogen) atoms. The summed E-state index contributed by atoms with van der Waals surface area (Å²) in [4.78, 5) is 10.2. The topological polar surface area (TPSA) is 79.0 Å². The number of anilines is 2. The van der Waals surface area contributed by atoms with Crippen molar-refractivity contribution in [3.63, 3.8) is 0 Å². The van der Waals surface area contributed by atoms with Crippen LogP contribution in [0.15, 0.2) is 30.3 Å². The number of benzene rings is 2. The highest BCUT2D eigenvalue weighted by Gasteiger charge is 2.16. The average Bonchev–Trinajstić information content (AvgIpc) is 2.42.